The monoisotopic (exact) mass is 506 g/mol. The highest BCUT2D eigenvalue weighted by molar-refractivity contribution is 7.89. The van der Waals surface area contributed by atoms with E-state index in [9.17, 15) is 22.8 Å². The molecule has 4 rings (SSSR count). The Morgan fingerprint density at radius 3 is 2.28 bits per heavy atom. The van der Waals surface area contributed by atoms with Crippen LogP contribution in [0.2, 0.25) is 0 Å². The zero-order valence-corrected chi connectivity index (χ0v) is 20.9. The molecule has 1 aromatic heterocycles. The van der Waals surface area contributed by atoms with E-state index in [1.54, 1.807) is 42.5 Å². The van der Waals surface area contributed by atoms with Crippen molar-refractivity contribution >= 4 is 32.5 Å². The Morgan fingerprint density at radius 2 is 1.58 bits per heavy atom. The molecule has 186 valence electrons. The van der Waals surface area contributed by atoms with Gasteiger partial charge in [-0.2, -0.15) is 4.72 Å². The number of nitrogens with one attached hydrogen (secondary N) is 2. The van der Waals surface area contributed by atoms with Crippen molar-refractivity contribution in [2.24, 2.45) is 14.1 Å². The van der Waals surface area contributed by atoms with E-state index in [4.69, 9.17) is 0 Å². The van der Waals surface area contributed by atoms with Gasteiger partial charge >= 0.3 is 5.69 Å². The van der Waals surface area contributed by atoms with Crippen LogP contribution in [0, 0.1) is 0 Å². The van der Waals surface area contributed by atoms with Gasteiger partial charge in [0.25, 0.3) is 5.56 Å². The lowest BCUT2D eigenvalue weighted by Gasteiger charge is -2.20. The Hall–Kier alpha value is -4.02. The summed E-state index contributed by atoms with van der Waals surface area (Å²) >= 11 is 0. The number of benzene rings is 3. The molecule has 0 saturated heterocycles. The first-order valence-electron chi connectivity index (χ1n) is 11.3. The van der Waals surface area contributed by atoms with Gasteiger partial charge in [0.1, 0.15) is 6.04 Å². The molecule has 1 heterocycles. The second-order valence-electron chi connectivity index (χ2n) is 8.35. The minimum absolute atomic E-state index is 0.0695. The fraction of sp³-hybridized carbons (Fsp3) is 0.192. The highest BCUT2D eigenvalue weighted by Crippen LogP contribution is 2.23. The smallest absolute Gasteiger partial charge is 0.324 e. The Balaban J connectivity index is 1.75. The van der Waals surface area contributed by atoms with Gasteiger partial charge in [-0.1, -0.05) is 55.5 Å². The van der Waals surface area contributed by atoms with Gasteiger partial charge < -0.3 is 5.32 Å². The van der Waals surface area contributed by atoms with Gasteiger partial charge in [-0.15, -0.1) is 0 Å². The normalized spacial score (nSPS) is 12.4. The first-order valence-corrected chi connectivity index (χ1v) is 12.8. The van der Waals surface area contributed by atoms with Crippen molar-refractivity contribution in [2.75, 3.05) is 5.32 Å². The number of nitrogens with zero attached hydrogens (tertiary/aromatic N) is 2. The molecule has 2 N–H and O–H groups in total. The quantitative estimate of drug-likeness (QED) is 0.399. The number of carbonyl (C=O) groups is 1. The van der Waals surface area contributed by atoms with Gasteiger partial charge in [0.05, 0.1) is 15.8 Å². The number of aromatic nitrogens is 2. The fourth-order valence-corrected chi connectivity index (χ4v) is 5.25. The van der Waals surface area contributed by atoms with Crippen molar-refractivity contribution in [1.29, 1.82) is 0 Å². The lowest BCUT2D eigenvalue weighted by molar-refractivity contribution is -0.117. The van der Waals surface area contributed by atoms with Crippen LogP contribution in [0.1, 0.15) is 24.1 Å². The number of rotatable bonds is 7. The number of amides is 1. The Bertz CT molecular complexity index is 1670. The molecule has 0 unspecified atom stereocenters. The van der Waals surface area contributed by atoms with E-state index in [1.807, 2.05) is 19.1 Å². The van der Waals surface area contributed by atoms with Crippen molar-refractivity contribution in [2.45, 2.75) is 24.3 Å². The van der Waals surface area contributed by atoms with Gasteiger partial charge in [0.2, 0.25) is 15.9 Å². The van der Waals surface area contributed by atoms with Crippen LogP contribution < -0.4 is 21.3 Å². The number of sulfonamides is 1. The summed E-state index contributed by atoms with van der Waals surface area (Å²) in [5.41, 5.74) is 1.13. The third-order valence-electron chi connectivity index (χ3n) is 6.07. The Morgan fingerprint density at radius 1 is 0.917 bits per heavy atom. The van der Waals surface area contributed by atoms with Gasteiger partial charge in [-0.05, 0) is 41.8 Å². The zero-order valence-electron chi connectivity index (χ0n) is 20.1. The minimum atomic E-state index is -4.25. The van der Waals surface area contributed by atoms with Crippen LogP contribution >= 0.6 is 0 Å². The Kier molecular flexibility index (Phi) is 6.91. The molecular weight excluding hydrogens is 480 g/mol. The average Bonchev–Trinajstić information content (AvgIpc) is 2.89. The first kappa shape index (κ1) is 25.1. The zero-order chi connectivity index (χ0) is 26.0. The molecule has 0 saturated carbocycles. The van der Waals surface area contributed by atoms with Gasteiger partial charge in [0.15, 0.2) is 0 Å². The number of aryl methyl sites for hydroxylation is 2. The highest BCUT2D eigenvalue weighted by atomic mass is 32.2. The fourth-order valence-electron chi connectivity index (χ4n) is 4.04. The summed E-state index contributed by atoms with van der Waals surface area (Å²) in [5.74, 6) is -0.551. The predicted molar refractivity (Wildman–Crippen MR) is 138 cm³/mol. The summed E-state index contributed by atoms with van der Waals surface area (Å²) in [7, 11) is -1.42. The lowest BCUT2D eigenvalue weighted by atomic mass is 10.1. The summed E-state index contributed by atoms with van der Waals surface area (Å²) in [4.78, 5) is 38.0. The van der Waals surface area contributed by atoms with E-state index >= 15 is 0 Å². The van der Waals surface area contributed by atoms with Crippen molar-refractivity contribution in [1.82, 2.24) is 13.9 Å². The van der Waals surface area contributed by atoms with Gasteiger partial charge in [0, 0.05) is 19.8 Å². The van der Waals surface area contributed by atoms with E-state index in [1.165, 1.54) is 36.9 Å². The Labute approximate surface area is 208 Å². The third-order valence-corrected chi connectivity index (χ3v) is 7.49. The van der Waals surface area contributed by atoms with Crippen molar-refractivity contribution in [3.8, 4) is 0 Å². The number of carbonyl (C=O) groups excluding carboxylic acids is 1. The number of hydrogen-bond acceptors (Lipinski definition) is 5. The maximum Gasteiger partial charge on any atom is 0.330 e. The second kappa shape index (κ2) is 9.92. The van der Waals surface area contributed by atoms with E-state index < -0.39 is 33.2 Å². The topological polar surface area (TPSA) is 119 Å². The predicted octanol–water partition coefficient (Wildman–Crippen LogP) is 2.46. The van der Waals surface area contributed by atoms with Crippen LogP contribution in [0.4, 0.5) is 5.69 Å². The summed E-state index contributed by atoms with van der Waals surface area (Å²) in [6, 6.07) is 18.5. The number of para-hydroxylation sites is 1. The highest BCUT2D eigenvalue weighted by Gasteiger charge is 2.28. The van der Waals surface area contributed by atoms with Gasteiger partial charge in [-0.25, -0.2) is 13.2 Å². The lowest BCUT2D eigenvalue weighted by Crippen LogP contribution is -2.38. The maximum absolute atomic E-state index is 13.4. The van der Waals surface area contributed by atoms with Crippen LogP contribution in [-0.2, 0) is 35.3 Å². The minimum Gasteiger partial charge on any atom is -0.324 e. The SMILES string of the molecule is CCc1ccccc1NC(=O)[C@@H](NS(=O)(=O)c1ccc2c(c1)c(=O)n(C)c(=O)n2C)c1ccccc1. The molecule has 0 radical (unpaired) electrons. The van der Waals surface area contributed by atoms with Crippen LogP contribution in [0.3, 0.4) is 0 Å². The summed E-state index contributed by atoms with van der Waals surface area (Å²) < 4.78 is 31.5. The molecule has 0 bridgehead atoms. The van der Waals surface area contributed by atoms with Crippen LogP contribution in [0.5, 0.6) is 0 Å². The molecule has 1 atom stereocenters. The standard InChI is InChI=1S/C26H26N4O5S/c1-4-17-10-8-9-13-21(17)27-24(31)23(18-11-6-5-7-12-18)28-36(34,35)19-14-15-22-20(16-19)25(32)30(3)26(33)29(22)2/h5-16,23,28H,4H2,1-3H3,(H,27,31)/t23-/m0/s1. The molecule has 9 nitrogen and oxygen atoms in total. The maximum atomic E-state index is 13.4. The summed E-state index contributed by atoms with van der Waals surface area (Å²) in [6.45, 7) is 1.96. The molecule has 0 spiro atoms. The average molecular weight is 507 g/mol. The van der Waals surface area contributed by atoms with E-state index in [0.29, 0.717) is 23.2 Å². The molecule has 0 fully saturated rings. The van der Waals surface area contributed by atoms with Crippen molar-refractivity contribution < 1.29 is 13.2 Å². The largest absolute Gasteiger partial charge is 0.330 e. The summed E-state index contributed by atoms with van der Waals surface area (Å²) in [5, 5.41) is 2.91. The number of anilines is 1. The van der Waals surface area contributed by atoms with Crippen LogP contribution in [0.25, 0.3) is 10.9 Å². The molecular formula is C26H26N4O5S. The molecule has 3 aromatic carbocycles. The molecule has 10 heteroatoms. The van der Waals surface area contributed by atoms with Crippen molar-refractivity contribution in [3.05, 3.63) is 105 Å². The molecule has 36 heavy (non-hydrogen) atoms. The number of hydrogen-bond donors (Lipinski definition) is 2. The molecule has 1 amide bonds. The van der Waals surface area contributed by atoms with E-state index in [-0.39, 0.29) is 10.3 Å². The third kappa shape index (κ3) is 4.73. The first-order chi connectivity index (χ1) is 17.1. The molecule has 0 aliphatic heterocycles. The van der Waals surface area contributed by atoms with E-state index in [0.717, 1.165) is 10.1 Å². The van der Waals surface area contributed by atoms with E-state index in [2.05, 4.69) is 10.0 Å². The van der Waals surface area contributed by atoms with Gasteiger partial charge in [-0.3, -0.25) is 18.7 Å². The molecule has 0 aliphatic carbocycles. The number of fused-ring (bicyclic) bond motifs is 1. The molecule has 4 aromatic rings. The molecule has 0 aliphatic rings. The summed E-state index contributed by atoms with van der Waals surface area (Å²) in [6.07, 6.45) is 0.687. The van der Waals surface area contributed by atoms with Crippen LogP contribution in [-0.4, -0.2) is 23.5 Å². The second-order valence-corrected chi connectivity index (χ2v) is 10.1. The van der Waals surface area contributed by atoms with Crippen molar-refractivity contribution in [3.63, 3.8) is 0 Å². The van der Waals surface area contributed by atoms with Crippen LogP contribution in [0.15, 0.2) is 87.3 Å².